The van der Waals surface area contributed by atoms with Crippen LogP contribution < -0.4 is 9.64 Å². The Hall–Kier alpha value is -2.46. The molecule has 11 heteroatoms. The Bertz CT molecular complexity index is 1200. The third kappa shape index (κ3) is 4.46. The number of ether oxygens (including phenoxy) is 2. The van der Waals surface area contributed by atoms with Gasteiger partial charge in [0.15, 0.2) is 11.0 Å². The summed E-state index contributed by atoms with van der Waals surface area (Å²) in [6.07, 6.45) is 7.50. The lowest BCUT2D eigenvalue weighted by Crippen LogP contribution is -2.57. The summed E-state index contributed by atoms with van der Waals surface area (Å²) < 4.78 is 27.0. The molecule has 4 saturated heterocycles. The van der Waals surface area contributed by atoms with Gasteiger partial charge < -0.3 is 14.4 Å². The molecule has 2 aromatic heterocycles. The molecule has 0 radical (unpaired) electrons. The fourth-order valence-corrected chi connectivity index (χ4v) is 6.79. The van der Waals surface area contributed by atoms with Gasteiger partial charge >= 0.3 is 12.1 Å². The number of halogens is 2. The molecule has 200 valence electrons. The average molecular weight is 533 g/mol. The molecule has 6 heterocycles. The van der Waals surface area contributed by atoms with Crippen LogP contribution in [0, 0.1) is 5.82 Å². The summed E-state index contributed by atoms with van der Waals surface area (Å²) >= 11 is 6.03. The normalized spacial score (nSPS) is 25.1. The molecule has 2 bridgehead atoms. The zero-order chi connectivity index (χ0) is 25.9. The maximum Gasteiger partial charge on any atom is 0.410 e. The number of anilines is 1. The molecule has 2 unspecified atom stereocenters. The van der Waals surface area contributed by atoms with Gasteiger partial charge in [-0.05, 0) is 72.4 Å². The number of carbonyl (C=O) groups excluding carboxylic acids is 1. The minimum absolute atomic E-state index is 0.0162. The Kier molecular flexibility index (Phi) is 6.10. The highest BCUT2D eigenvalue weighted by Crippen LogP contribution is 2.40. The quantitative estimate of drug-likeness (QED) is 0.535. The van der Waals surface area contributed by atoms with Crippen LogP contribution in [0.4, 0.5) is 15.0 Å². The molecular weight excluding hydrogens is 499 g/mol. The first-order chi connectivity index (χ1) is 17.6. The highest BCUT2D eigenvalue weighted by atomic mass is 35.5. The molecule has 2 atom stereocenters. The molecule has 1 amide bonds. The molecule has 4 aliphatic rings. The SMILES string of the molecule is CC(C)(C)OC(=O)N1C2CCC1CN(c1nc(OCC34CCCN3CCC4)nc3c(F)c(Cl)ncc13)C2. The van der Waals surface area contributed by atoms with Crippen molar-refractivity contribution in [2.45, 2.75) is 82.5 Å². The average Bonchev–Trinajstić information content (AvgIpc) is 3.49. The molecule has 0 spiro atoms. The zero-order valence-corrected chi connectivity index (χ0v) is 22.4. The maximum atomic E-state index is 15.1. The molecule has 4 fully saturated rings. The zero-order valence-electron chi connectivity index (χ0n) is 21.7. The van der Waals surface area contributed by atoms with Crippen molar-refractivity contribution in [3.63, 3.8) is 0 Å². The summed E-state index contributed by atoms with van der Waals surface area (Å²) in [4.78, 5) is 32.7. The molecule has 6 rings (SSSR count). The molecule has 0 saturated carbocycles. The summed E-state index contributed by atoms with van der Waals surface area (Å²) in [5.74, 6) is -0.111. The Morgan fingerprint density at radius 1 is 1.16 bits per heavy atom. The Morgan fingerprint density at radius 3 is 2.49 bits per heavy atom. The highest BCUT2D eigenvalue weighted by Gasteiger charge is 2.46. The first kappa shape index (κ1) is 24.9. The van der Waals surface area contributed by atoms with E-state index in [2.05, 4.69) is 19.8 Å². The molecule has 0 aliphatic carbocycles. The Balaban J connectivity index is 1.30. The topological polar surface area (TPSA) is 83.9 Å². The molecule has 37 heavy (non-hydrogen) atoms. The standard InChI is InChI=1S/C26H34ClFN6O3/c1-25(2,3)37-24(35)34-16-6-7-17(34)14-32(13-16)22-18-12-29-21(27)19(28)20(18)30-23(31-22)36-15-26-8-4-10-33(26)11-5-9-26/h12,16-17H,4-11,13-15H2,1-3H3. The smallest absolute Gasteiger partial charge is 0.410 e. The molecule has 4 aliphatic heterocycles. The number of carbonyl (C=O) groups is 1. The molecular formula is C26H34ClFN6O3. The third-order valence-corrected chi connectivity index (χ3v) is 8.53. The van der Waals surface area contributed by atoms with Crippen LogP contribution in [0.3, 0.4) is 0 Å². The van der Waals surface area contributed by atoms with Gasteiger partial charge in [-0.25, -0.2) is 14.2 Å². The Labute approximate surface area is 221 Å². The fourth-order valence-electron chi connectivity index (χ4n) is 6.65. The van der Waals surface area contributed by atoms with Crippen LogP contribution >= 0.6 is 11.6 Å². The maximum absolute atomic E-state index is 15.1. The van der Waals surface area contributed by atoms with E-state index >= 15 is 4.39 Å². The van der Waals surface area contributed by atoms with Crippen LogP contribution in [0.1, 0.15) is 59.3 Å². The number of amides is 1. The minimum Gasteiger partial charge on any atom is -0.461 e. The molecule has 0 N–H and O–H groups in total. The number of hydrogen-bond donors (Lipinski definition) is 0. The van der Waals surface area contributed by atoms with E-state index in [1.807, 2.05) is 25.7 Å². The number of rotatable bonds is 4. The van der Waals surface area contributed by atoms with Crippen LogP contribution in [0.15, 0.2) is 6.20 Å². The number of pyridine rings is 1. The number of hydrogen-bond acceptors (Lipinski definition) is 8. The second kappa shape index (κ2) is 9.08. The minimum atomic E-state index is -0.676. The predicted molar refractivity (Wildman–Crippen MR) is 138 cm³/mol. The van der Waals surface area contributed by atoms with Crippen LogP contribution in [0.25, 0.3) is 10.9 Å². The summed E-state index contributed by atoms with van der Waals surface area (Å²) in [7, 11) is 0. The van der Waals surface area contributed by atoms with Gasteiger partial charge in [-0.3, -0.25) is 9.80 Å². The largest absolute Gasteiger partial charge is 0.461 e. The first-order valence-corrected chi connectivity index (χ1v) is 13.7. The molecule has 2 aromatic rings. The number of aromatic nitrogens is 3. The summed E-state index contributed by atoms with van der Waals surface area (Å²) in [5, 5.41) is 0.259. The van der Waals surface area contributed by atoms with Crippen molar-refractivity contribution in [3.05, 3.63) is 17.2 Å². The van der Waals surface area contributed by atoms with Crippen molar-refractivity contribution in [1.29, 1.82) is 0 Å². The van der Waals surface area contributed by atoms with Gasteiger partial charge in [-0.15, -0.1) is 0 Å². The summed E-state index contributed by atoms with van der Waals surface area (Å²) in [5.41, 5.74) is -0.432. The van der Waals surface area contributed by atoms with E-state index in [1.54, 1.807) is 0 Å². The van der Waals surface area contributed by atoms with Crippen molar-refractivity contribution >= 4 is 34.4 Å². The molecule has 9 nitrogen and oxygen atoms in total. The van der Waals surface area contributed by atoms with Gasteiger partial charge in [0, 0.05) is 19.3 Å². The van der Waals surface area contributed by atoms with Crippen molar-refractivity contribution in [2.24, 2.45) is 0 Å². The Morgan fingerprint density at radius 2 is 1.84 bits per heavy atom. The number of piperazine rings is 1. The fraction of sp³-hybridized carbons (Fsp3) is 0.692. The summed E-state index contributed by atoms with van der Waals surface area (Å²) in [6, 6.07) is 0.119. The van der Waals surface area contributed by atoms with E-state index in [4.69, 9.17) is 26.1 Å². The first-order valence-electron chi connectivity index (χ1n) is 13.3. The third-order valence-electron chi connectivity index (χ3n) is 8.27. The van der Waals surface area contributed by atoms with Gasteiger partial charge in [-0.2, -0.15) is 9.97 Å². The highest BCUT2D eigenvalue weighted by molar-refractivity contribution is 6.30. The van der Waals surface area contributed by atoms with Crippen LogP contribution in [0.5, 0.6) is 6.01 Å². The van der Waals surface area contributed by atoms with E-state index in [0.717, 1.165) is 51.6 Å². The predicted octanol–water partition coefficient (Wildman–Crippen LogP) is 4.41. The van der Waals surface area contributed by atoms with Gasteiger partial charge in [-0.1, -0.05) is 11.6 Å². The second-order valence-electron chi connectivity index (χ2n) is 11.8. The second-order valence-corrected chi connectivity index (χ2v) is 12.2. The van der Waals surface area contributed by atoms with Gasteiger partial charge in [0.05, 0.1) is 23.0 Å². The lowest BCUT2D eigenvalue weighted by molar-refractivity contribution is 0.0122. The number of fused-ring (bicyclic) bond motifs is 4. The van der Waals surface area contributed by atoms with E-state index in [0.29, 0.717) is 30.9 Å². The number of nitrogens with zero attached hydrogens (tertiary/aromatic N) is 6. The lowest BCUT2D eigenvalue weighted by Gasteiger charge is -2.42. The van der Waals surface area contributed by atoms with Gasteiger partial charge in [0.25, 0.3) is 0 Å². The van der Waals surface area contributed by atoms with Crippen molar-refractivity contribution < 1.29 is 18.7 Å². The van der Waals surface area contributed by atoms with E-state index in [-0.39, 0.29) is 40.4 Å². The van der Waals surface area contributed by atoms with Crippen LogP contribution in [0.2, 0.25) is 5.15 Å². The summed E-state index contributed by atoms with van der Waals surface area (Å²) in [6.45, 7) is 9.41. The van der Waals surface area contributed by atoms with Crippen molar-refractivity contribution in [1.82, 2.24) is 24.8 Å². The van der Waals surface area contributed by atoms with Crippen LogP contribution in [-0.2, 0) is 4.74 Å². The van der Waals surface area contributed by atoms with Crippen LogP contribution in [-0.4, -0.2) is 86.9 Å². The monoisotopic (exact) mass is 532 g/mol. The van der Waals surface area contributed by atoms with Crippen molar-refractivity contribution in [2.75, 3.05) is 37.7 Å². The lowest BCUT2D eigenvalue weighted by atomic mass is 9.95. The van der Waals surface area contributed by atoms with Gasteiger partial charge in [0.1, 0.15) is 23.5 Å². The van der Waals surface area contributed by atoms with E-state index < -0.39 is 11.4 Å². The van der Waals surface area contributed by atoms with E-state index in [1.165, 1.54) is 6.20 Å². The molecule has 0 aromatic carbocycles. The van der Waals surface area contributed by atoms with Crippen molar-refractivity contribution in [3.8, 4) is 6.01 Å². The van der Waals surface area contributed by atoms with Gasteiger partial charge in [0.2, 0.25) is 0 Å². The van der Waals surface area contributed by atoms with E-state index in [9.17, 15) is 4.79 Å².